The molecule has 2 heteroatoms. The number of unbranched alkanes of at least 4 members (excludes halogenated alkanes) is 2. The Kier molecular flexibility index (Phi) is 16.8. The summed E-state index contributed by atoms with van der Waals surface area (Å²) in [4.78, 5) is 10.3. The lowest BCUT2D eigenvalue weighted by atomic mass is 10.2. The minimum atomic E-state index is -0.700. The van der Waals surface area contributed by atoms with Crippen LogP contribution in [0.2, 0.25) is 0 Å². The Labute approximate surface area is 142 Å². The molecule has 0 heterocycles. The molecule has 0 aromatic heterocycles. The fraction of sp³-hybridized carbons (Fsp3) is 0.476. The lowest BCUT2D eigenvalue weighted by Crippen LogP contribution is -1.92. The van der Waals surface area contributed by atoms with Gasteiger partial charge in [0, 0.05) is 6.42 Å². The number of carboxylic acids is 1. The normalized spacial score (nSPS) is 12.7. The van der Waals surface area contributed by atoms with Gasteiger partial charge in [-0.25, -0.2) is 0 Å². The van der Waals surface area contributed by atoms with Crippen LogP contribution in [0.1, 0.15) is 64.7 Å². The number of rotatable bonds is 14. The molecule has 0 bridgehead atoms. The van der Waals surface area contributed by atoms with Crippen molar-refractivity contribution >= 4 is 5.97 Å². The van der Waals surface area contributed by atoms with E-state index in [1.165, 1.54) is 0 Å². The van der Waals surface area contributed by atoms with Crippen LogP contribution in [0, 0.1) is 0 Å². The second-order valence-corrected chi connectivity index (χ2v) is 5.35. The minimum Gasteiger partial charge on any atom is -0.481 e. The molecule has 0 rings (SSSR count). The molecule has 0 aromatic carbocycles. The maximum atomic E-state index is 10.3. The third-order valence-electron chi connectivity index (χ3n) is 3.17. The van der Waals surface area contributed by atoms with E-state index >= 15 is 0 Å². The summed E-state index contributed by atoms with van der Waals surface area (Å²) in [6.45, 7) is 2.15. The first kappa shape index (κ1) is 21.2. The summed E-state index contributed by atoms with van der Waals surface area (Å²) in [6, 6.07) is 0. The van der Waals surface area contributed by atoms with E-state index in [9.17, 15) is 4.79 Å². The molecular weight excluding hydrogens is 284 g/mol. The third-order valence-corrected chi connectivity index (χ3v) is 3.17. The Morgan fingerprint density at radius 2 is 1.13 bits per heavy atom. The van der Waals surface area contributed by atoms with Gasteiger partial charge in [-0.2, -0.15) is 0 Å². The van der Waals surface area contributed by atoms with Gasteiger partial charge >= 0.3 is 5.97 Å². The van der Waals surface area contributed by atoms with Crippen LogP contribution in [-0.2, 0) is 4.79 Å². The summed E-state index contributed by atoms with van der Waals surface area (Å²) in [5, 5.41) is 8.51. The van der Waals surface area contributed by atoms with Crippen molar-refractivity contribution in [2.75, 3.05) is 0 Å². The SMILES string of the molecule is CCC=CCC=CCC=CCC=CCC=CCCCCC(=O)O. The largest absolute Gasteiger partial charge is 0.481 e. The van der Waals surface area contributed by atoms with E-state index in [-0.39, 0.29) is 6.42 Å². The van der Waals surface area contributed by atoms with Crippen LogP contribution >= 0.6 is 0 Å². The number of carbonyl (C=O) groups is 1. The molecule has 0 saturated carbocycles. The van der Waals surface area contributed by atoms with Crippen molar-refractivity contribution in [3.8, 4) is 0 Å². The quantitative estimate of drug-likeness (QED) is 0.298. The van der Waals surface area contributed by atoms with Gasteiger partial charge in [0.25, 0.3) is 0 Å². The number of carboxylic acid groups (broad SMARTS) is 1. The molecule has 128 valence electrons. The molecule has 0 aliphatic carbocycles. The second-order valence-electron chi connectivity index (χ2n) is 5.35. The molecule has 0 aliphatic heterocycles. The average Bonchev–Trinajstić information content (AvgIpc) is 2.53. The smallest absolute Gasteiger partial charge is 0.303 e. The highest BCUT2D eigenvalue weighted by molar-refractivity contribution is 5.66. The fourth-order valence-corrected chi connectivity index (χ4v) is 1.91. The summed E-state index contributed by atoms with van der Waals surface area (Å²) in [6.07, 6.45) is 29.9. The molecule has 0 spiro atoms. The first-order chi connectivity index (χ1) is 11.3. The van der Waals surface area contributed by atoms with Crippen molar-refractivity contribution in [2.24, 2.45) is 0 Å². The maximum Gasteiger partial charge on any atom is 0.303 e. The van der Waals surface area contributed by atoms with Gasteiger partial charge < -0.3 is 5.11 Å². The van der Waals surface area contributed by atoms with Crippen LogP contribution < -0.4 is 0 Å². The van der Waals surface area contributed by atoms with Gasteiger partial charge in [0.05, 0.1) is 0 Å². The number of hydrogen-bond donors (Lipinski definition) is 1. The van der Waals surface area contributed by atoms with Gasteiger partial charge in [0.2, 0.25) is 0 Å². The molecule has 0 radical (unpaired) electrons. The summed E-state index contributed by atoms with van der Waals surface area (Å²) in [5.41, 5.74) is 0. The van der Waals surface area contributed by atoms with Gasteiger partial charge in [-0.05, 0) is 51.4 Å². The average molecular weight is 316 g/mol. The van der Waals surface area contributed by atoms with Crippen molar-refractivity contribution in [1.29, 1.82) is 0 Å². The summed E-state index contributed by atoms with van der Waals surface area (Å²) < 4.78 is 0. The first-order valence-corrected chi connectivity index (χ1v) is 8.74. The third kappa shape index (κ3) is 20.2. The predicted octanol–water partition coefficient (Wildman–Crippen LogP) is 6.38. The molecule has 0 aliphatic rings. The lowest BCUT2D eigenvalue weighted by Gasteiger charge is -1.92. The van der Waals surface area contributed by atoms with E-state index in [0.29, 0.717) is 0 Å². The second kappa shape index (κ2) is 18.2. The van der Waals surface area contributed by atoms with Gasteiger partial charge in [-0.1, -0.05) is 67.7 Å². The molecule has 0 amide bonds. The summed E-state index contributed by atoms with van der Waals surface area (Å²) in [7, 11) is 0. The highest BCUT2D eigenvalue weighted by atomic mass is 16.4. The Hall–Kier alpha value is -1.83. The molecule has 1 N–H and O–H groups in total. The molecule has 0 aromatic rings. The standard InChI is InChI=1S/C21H32O2/c1-2-3-4-5-6-7-8-9-10-11-12-13-14-15-16-17-18-19-20-21(22)23/h3-4,6-7,9-10,12-13,15-16H,2,5,8,11,14,17-20H2,1H3,(H,22,23). The van der Waals surface area contributed by atoms with Crippen LogP contribution in [0.3, 0.4) is 0 Å². The fourth-order valence-electron chi connectivity index (χ4n) is 1.91. The molecule has 23 heavy (non-hydrogen) atoms. The highest BCUT2D eigenvalue weighted by Gasteiger charge is 1.93. The van der Waals surface area contributed by atoms with Crippen LogP contribution in [0.5, 0.6) is 0 Å². The van der Waals surface area contributed by atoms with E-state index < -0.39 is 5.97 Å². The zero-order valence-corrected chi connectivity index (χ0v) is 14.5. The topological polar surface area (TPSA) is 37.3 Å². The van der Waals surface area contributed by atoms with Crippen molar-refractivity contribution in [1.82, 2.24) is 0 Å². The van der Waals surface area contributed by atoms with Gasteiger partial charge in [0.1, 0.15) is 0 Å². The molecular formula is C21H32O2. The van der Waals surface area contributed by atoms with E-state index in [0.717, 1.165) is 51.4 Å². The van der Waals surface area contributed by atoms with Gasteiger partial charge in [-0.15, -0.1) is 0 Å². The monoisotopic (exact) mass is 316 g/mol. The summed E-state index contributed by atoms with van der Waals surface area (Å²) in [5.74, 6) is -0.700. The van der Waals surface area contributed by atoms with Crippen LogP contribution in [0.4, 0.5) is 0 Å². The van der Waals surface area contributed by atoms with E-state index in [1.807, 2.05) is 0 Å². The molecule has 0 fully saturated rings. The number of aliphatic carboxylic acids is 1. The van der Waals surface area contributed by atoms with Crippen molar-refractivity contribution < 1.29 is 9.90 Å². The van der Waals surface area contributed by atoms with Gasteiger partial charge in [0.15, 0.2) is 0 Å². The van der Waals surface area contributed by atoms with Crippen LogP contribution in [0.25, 0.3) is 0 Å². The Morgan fingerprint density at radius 1 is 0.696 bits per heavy atom. The minimum absolute atomic E-state index is 0.282. The van der Waals surface area contributed by atoms with E-state index in [2.05, 4.69) is 67.7 Å². The van der Waals surface area contributed by atoms with Crippen LogP contribution in [-0.4, -0.2) is 11.1 Å². The zero-order chi connectivity index (χ0) is 17.0. The van der Waals surface area contributed by atoms with Crippen molar-refractivity contribution in [3.63, 3.8) is 0 Å². The first-order valence-electron chi connectivity index (χ1n) is 8.74. The Balaban J connectivity index is 3.44. The highest BCUT2D eigenvalue weighted by Crippen LogP contribution is 2.01. The molecule has 0 atom stereocenters. The molecule has 2 nitrogen and oxygen atoms in total. The van der Waals surface area contributed by atoms with Crippen molar-refractivity contribution in [3.05, 3.63) is 60.8 Å². The van der Waals surface area contributed by atoms with E-state index in [1.54, 1.807) is 0 Å². The lowest BCUT2D eigenvalue weighted by molar-refractivity contribution is -0.137. The number of allylic oxidation sites excluding steroid dienone is 10. The zero-order valence-electron chi connectivity index (χ0n) is 14.5. The van der Waals surface area contributed by atoms with Gasteiger partial charge in [-0.3, -0.25) is 4.79 Å². The maximum absolute atomic E-state index is 10.3. The number of hydrogen-bond acceptors (Lipinski definition) is 1. The Morgan fingerprint density at radius 3 is 1.57 bits per heavy atom. The van der Waals surface area contributed by atoms with Crippen LogP contribution in [0.15, 0.2) is 60.8 Å². The predicted molar refractivity (Wildman–Crippen MR) is 101 cm³/mol. The van der Waals surface area contributed by atoms with Crippen molar-refractivity contribution in [2.45, 2.75) is 64.7 Å². The Bertz CT molecular complexity index is 412. The molecule has 0 unspecified atom stereocenters. The molecule has 0 saturated heterocycles. The summed E-state index contributed by atoms with van der Waals surface area (Å²) >= 11 is 0. The van der Waals surface area contributed by atoms with E-state index in [4.69, 9.17) is 5.11 Å².